The number of aryl methyl sites for hydroxylation is 4. The lowest BCUT2D eigenvalue weighted by atomic mass is 10.2. The molecule has 0 unspecified atom stereocenters. The normalized spacial score (nSPS) is 16.0. The maximum Gasteiger partial charge on any atom is 0.257 e. The van der Waals surface area contributed by atoms with E-state index in [2.05, 4.69) is 26.4 Å². The van der Waals surface area contributed by atoms with Gasteiger partial charge in [0.15, 0.2) is 5.65 Å². The fourth-order valence-corrected chi connectivity index (χ4v) is 4.27. The Bertz CT molecular complexity index is 1320. The highest BCUT2D eigenvalue weighted by atomic mass is 16.5. The zero-order valence-electron chi connectivity index (χ0n) is 17.9. The Morgan fingerprint density at radius 3 is 2.74 bits per heavy atom. The number of aromatic nitrogens is 7. The Balaban J connectivity index is 1.53. The smallest absolute Gasteiger partial charge is 0.257 e. The fraction of sp³-hybridized carbons (Fsp3) is 0.409. The third-order valence-electron chi connectivity index (χ3n) is 5.94. The molecular formula is C22H24N8O. The Morgan fingerprint density at radius 1 is 1.06 bits per heavy atom. The molecule has 9 heteroatoms. The van der Waals surface area contributed by atoms with E-state index in [1.807, 2.05) is 42.4 Å². The molecule has 9 nitrogen and oxygen atoms in total. The average molecular weight is 416 g/mol. The van der Waals surface area contributed by atoms with Crippen LogP contribution in [0.1, 0.15) is 48.0 Å². The van der Waals surface area contributed by atoms with Crippen molar-refractivity contribution in [2.75, 3.05) is 11.9 Å². The van der Waals surface area contributed by atoms with Crippen molar-refractivity contribution in [3.8, 4) is 11.6 Å². The fourth-order valence-electron chi connectivity index (χ4n) is 4.27. The second kappa shape index (κ2) is 6.76. The highest BCUT2D eigenvalue weighted by Gasteiger charge is 2.35. The van der Waals surface area contributed by atoms with E-state index in [1.54, 1.807) is 0 Å². The van der Waals surface area contributed by atoms with E-state index >= 15 is 0 Å². The summed E-state index contributed by atoms with van der Waals surface area (Å²) in [7, 11) is 0. The van der Waals surface area contributed by atoms with Gasteiger partial charge in [-0.25, -0.2) is 14.3 Å². The van der Waals surface area contributed by atoms with Crippen molar-refractivity contribution in [1.82, 2.24) is 34.5 Å². The van der Waals surface area contributed by atoms with Crippen LogP contribution in [-0.4, -0.2) is 41.1 Å². The van der Waals surface area contributed by atoms with Gasteiger partial charge in [0, 0.05) is 30.8 Å². The average Bonchev–Trinajstić information content (AvgIpc) is 3.46. The van der Waals surface area contributed by atoms with Crippen molar-refractivity contribution in [3.63, 3.8) is 0 Å². The number of ether oxygens (including phenoxy) is 1. The molecule has 0 aromatic carbocycles. The summed E-state index contributed by atoms with van der Waals surface area (Å²) in [6.45, 7) is 7.29. The summed E-state index contributed by atoms with van der Waals surface area (Å²) in [6, 6.07) is 4.10. The molecule has 158 valence electrons. The molecule has 1 aliphatic heterocycles. The van der Waals surface area contributed by atoms with Gasteiger partial charge in [0.25, 0.3) is 5.88 Å². The topological polar surface area (TPSA) is 95.6 Å². The molecule has 31 heavy (non-hydrogen) atoms. The van der Waals surface area contributed by atoms with Crippen LogP contribution in [0.3, 0.4) is 0 Å². The molecule has 6 rings (SSSR count). The summed E-state index contributed by atoms with van der Waals surface area (Å²) in [5, 5.41) is 13.9. The molecule has 1 fully saturated rings. The largest absolute Gasteiger partial charge is 0.475 e. The second-order valence-electron chi connectivity index (χ2n) is 8.38. The van der Waals surface area contributed by atoms with Crippen molar-refractivity contribution >= 4 is 22.7 Å². The lowest BCUT2D eigenvalue weighted by Crippen LogP contribution is -2.08. The summed E-state index contributed by atoms with van der Waals surface area (Å²) in [6.07, 6.45) is 4.91. The summed E-state index contributed by atoms with van der Waals surface area (Å²) >= 11 is 0. The van der Waals surface area contributed by atoms with E-state index in [9.17, 15) is 0 Å². The molecule has 2 aliphatic rings. The number of hydrogen-bond acceptors (Lipinski definition) is 7. The van der Waals surface area contributed by atoms with Crippen molar-refractivity contribution in [1.29, 1.82) is 0 Å². The van der Waals surface area contributed by atoms with E-state index in [-0.39, 0.29) is 0 Å². The van der Waals surface area contributed by atoms with Gasteiger partial charge in [-0.1, -0.05) is 0 Å². The van der Waals surface area contributed by atoms with Crippen LogP contribution < -0.4 is 10.1 Å². The Hall–Kier alpha value is -3.49. The van der Waals surface area contributed by atoms with Crippen LogP contribution in [0.15, 0.2) is 18.3 Å². The predicted molar refractivity (Wildman–Crippen MR) is 116 cm³/mol. The summed E-state index contributed by atoms with van der Waals surface area (Å²) in [4.78, 5) is 14.0. The number of rotatable bonds is 2. The standard InChI is InChI=1S/C22H24N8O/c1-12-5-8-17(14(3)24-12)30-19(15-6-7-15)18-21(28-30)31-10-4-9-29-20-16(13(2)27-29)11-23-22(25-18)26-20/h5,8,11,15H,4,6-7,9-10H2,1-3H3,(H,23,25,26). The highest BCUT2D eigenvalue weighted by molar-refractivity contribution is 5.79. The van der Waals surface area contributed by atoms with Crippen LogP contribution in [0.25, 0.3) is 16.7 Å². The van der Waals surface area contributed by atoms with Crippen molar-refractivity contribution in [3.05, 3.63) is 41.1 Å². The molecule has 1 aliphatic carbocycles. The van der Waals surface area contributed by atoms with Gasteiger partial charge in [-0.05, 0) is 45.7 Å². The van der Waals surface area contributed by atoms with Crippen molar-refractivity contribution in [2.45, 2.75) is 52.5 Å². The monoisotopic (exact) mass is 416 g/mol. The first kappa shape index (κ1) is 18.3. The molecule has 1 saturated carbocycles. The molecule has 0 saturated heterocycles. The molecule has 4 aromatic rings. The molecule has 0 radical (unpaired) electrons. The first-order valence-corrected chi connectivity index (χ1v) is 10.8. The van der Waals surface area contributed by atoms with Crippen LogP contribution in [0.5, 0.6) is 5.88 Å². The van der Waals surface area contributed by atoms with E-state index in [1.165, 1.54) is 0 Å². The van der Waals surface area contributed by atoms with Crippen molar-refractivity contribution < 1.29 is 4.74 Å². The van der Waals surface area contributed by atoms with Gasteiger partial charge in [0.05, 0.1) is 34.8 Å². The Labute approximate surface area is 179 Å². The third kappa shape index (κ3) is 3.03. The maximum atomic E-state index is 6.17. The molecule has 5 heterocycles. The van der Waals surface area contributed by atoms with E-state index in [0.717, 1.165) is 71.0 Å². The number of hydrogen-bond donors (Lipinski definition) is 1. The minimum atomic E-state index is 0.426. The van der Waals surface area contributed by atoms with Gasteiger partial charge in [-0.15, -0.1) is 5.10 Å². The van der Waals surface area contributed by atoms with Gasteiger partial charge in [-0.3, -0.25) is 4.98 Å². The summed E-state index contributed by atoms with van der Waals surface area (Å²) in [5.41, 5.74) is 6.66. The maximum absolute atomic E-state index is 6.17. The molecule has 1 N–H and O–H groups in total. The molecule has 0 spiro atoms. The van der Waals surface area contributed by atoms with E-state index in [4.69, 9.17) is 14.8 Å². The zero-order chi connectivity index (χ0) is 21.1. The SMILES string of the molecule is Cc1ccc(-n2nc3c(c2C2CC2)Nc2ncc4c(C)nn(c4n2)CCCO3)c(C)n1. The third-order valence-corrected chi connectivity index (χ3v) is 5.94. The first-order valence-electron chi connectivity index (χ1n) is 10.8. The van der Waals surface area contributed by atoms with Gasteiger partial charge in [-0.2, -0.15) is 10.1 Å². The number of anilines is 2. The Morgan fingerprint density at radius 2 is 1.94 bits per heavy atom. The Kier molecular flexibility index (Phi) is 3.99. The quantitative estimate of drug-likeness (QED) is 0.532. The minimum absolute atomic E-state index is 0.426. The van der Waals surface area contributed by atoms with Crippen LogP contribution in [-0.2, 0) is 6.54 Å². The molecule has 0 amide bonds. The lowest BCUT2D eigenvalue weighted by Gasteiger charge is -2.11. The minimum Gasteiger partial charge on any atom is -0.475 e. The molecule has 2 bridgehead atoms. The number of fused-ring (bicyclic) bond motifs is 2. The molecular weight excluding hydrogens is 392 g/mol. The highest BCUT2D eigenvalue weighted by Crippen LogP contribution is 2.48. The molecule has 0 atom stereocenters. The van der Waals surface area contributed by atoms with Crippen LogP contribution in [0.2, 0.25) is 0 Å². The summed E-state index contributed by atoms with van der Waals surface area (Å²) < 4.78 is 10.1. The van der Waals surface area contributed by atoms with Crippen LogP contribution in [0, 0.1) is 20.8 Å². The number of nitrogens with zero attached hydrogens (tertiary/aromatic N) is 7. The van der Waals surface area contributed by atoms with Gasteiger partial charge >= 0.3 is 0 Å². The molecule has 4 aromatic heterocycles. The van der Waals surface area contributed by atoms with Gasteiger partial charge in [0.1, 0.15) is 5.69 Å². The van der Waals surface area contributed by atoms with E-state index in [0.29, 0.717) is 24.4 Å². The van der Waals surface area contributed by atoms with Gasteiger partial charge in [0.2, 0.25) is 5.95 Å². The summed E-state index contributed by atoms with van der Waals surface area (Å²) in [5.74, 6) is 1.54. The number of nitrogens with one attached hydrogen (secondary N) is 1. The van der Waals surface area contributed by atoms with Crippen LogP contribution in [0.4, 0.5) is 11.6 Å². The first-order chi connectivity index (χ1) is 15.1. The zero-order valence-corrected chi connectivity index (χ0v) is 17.9. The second-order valence-corrected chi connectivity index (χ2v) is 8.38. The predicted octanol–water partition coefficient (Wildman–Crippen LogP) is 3.74. The van der Waals surface area contributed by atoms with E-state index < -0.39 is 0 Å². The number of pyridine rings is 1. The van der Waals surface area contributed by atoms with Crippen LogP contribution >= 0.6 is 0 Å². The van der Waals surface area contributed by atoms with Gasteiger partial charge < -0.3 is 10.1 Å². The van der Waals surface area contributed by atoms with Crippen molar-refractivity contribution in [2.24, 2.45) is 0 Å². The lowest BCUT2D eigenvalue weighted by molar-refractivity contribution is 0.288.